The van der Waals surface area contributed by atoms with Crippen molar-refractivity contribution in [3.8, 4) is 0 Å². The van der Waals surface area contributed by atoms with E-state index < -0.39 is 20.0 Å². The van der Waals surface area contributed by atoms with E-state index in [0.29, 0.717) is 13.0 Å². The summed E-state index contributed by atoms with van der Waals surface area (Å²) in [6.07, 6.45) is 3.68. The van der Waals surface area contributed by atoms with Gasteiger partial charge in [0.1, 0.15) is 4.90 Å². The zero-order valence-electron chi connectivity index (χ0n) is 11.7. The Morgan fingerprint density at radius 2 is 1.81 bits per heavy atom. The molecule has 11 heteroatoms. The summed E-state index contributed by atoms with van der Waals surface area (Å²) in [5, 5.41) is -0.0410. The number of halogens is 1. The molecule has 0 unspecified atom stereocenters. The SMILES string of the molecule is CCN(CCCNS(=O)(=O)c1cnc(Cl)nc1)S(C)(=O)=O. The number of hydrogen-bond donors (Lipinski definition) is 1. The van der Waals surface area contributed by atoms with Crippen molar-refractivity contribution in [3.63, 3.8) is 0 Å². The zero-order chi connectivity index (χ0) is 16.1. The first-order chi connectivity index (χ1) is 9.66. The zero-order valence-corrected chi connectivity index (χ0v) is 14.0. The minimum atomic E-state index is -3.72. The number of rotatable bonds is 8. The summed E-state index contributed by atoms with van der Waals surface area (Å²) in [4.78, 5) is 7.10. The van der Waals surface area contributed by atoms with E-state index >= 15 is 0 Å². The van der Waals surface area contributed by atoms with Crippen molar-refractivity contribution in [2.75, 3.05) is 25.9 Å². The Morgan fingerprint density at radius 1 is 1.24 bits per heavy atom. The van der Waals surface area contributed by atoms with Crippen LogP contribution < -0.4 is 4.72 Å². The molecule has 0 saturated heterocycles. The summed E-state index contributed by atoms with van der Waals surface area (Å²) in [5.41, 5.74) is 0. The maximum absolute atomic E-state index is 11.9. The number of hydrogen-bond acceptors (Lipinski definition) is 6. The Kier molecular flexibility index (Phi) is 6.47. The van der Waals surface area contributed by atoms with E-state index in [1.807, 2.05) is 0 Å². The lowest BCUT2D eigenvalue weighted by molar-refractivity contribution is 0.424. The van der Waals surface area contributed by atoms with Gasteiger partial charge in [-0.2, -0.15) is 0 Å². The minimum Gasteiger partial charge on any atom is -0.225 e. The smallest absolute Gasteiger partial charge is 0.225 e. The molecule has 0 aliphatic carbocycles. The molecular weight excluding hydrogens is 340 g/mol. The predicted octanol–water partition coefficient (Wildman–Crippen LogP) is 0.0799. The summed E-state index contributed by atoms with van der Waals surface area (Å²) in [6, 6.07) is 0. The van der Waals surface area contributed by atoms with E-state index in [4.69, 9.17) is 11.6 Å². The second-order valence-corrected chi connectivity index (χ2v) is 8.28. The van der Waals surface area contributed by atoms with Crippen LogP contribution in [-0.4, -0.2) is 57.0 Å². The molecule has 1 aromatic rings. The summed E-state index contributed by atoms with van der Waals surface area (Å²) in [7, 11) is -6.99. The molecule has 0 radical (unpaired) electrons. The first kappa shape index (κ1) is 18.2. The van der Waals surface area contributed by atoms with Crippen molar-refractivity contribution in [1.29, 1.82) is 0 Å². The molecule has 0 saturated carbocycles. The molecule has 0 aliphatic rings. The Morgan fingerprint density at radius 3 is 2.29 bits per heavy atom. The molecule has 21 heavy (non-hydrogen) atoms. The molecule has 1 rings (SSSR count). The van der Waals surface area contributed by atoms with E-state index in [-0.39, 0.29) is 23.3 Å². The van der Waals surface area contributed by atoms with E-state index in [2.05, 4.69) is 14.7 Å². The maximum atomic E-state index is 11.9. The Balaban J connectivity index is 2.54. The van der Waals surface area contributed by atoms with Gasteiger partial charge in [-0.25, -0.2) is 35.8 Å². The second kappa shape index (κ2) is 7.45. The normalized spacial score (nSPS) is 12.8. The monoisotopic (exact) mass is 356 g/mol. The third-order valence-corrected chi connectivity index (χ3v) is 5.59. The van der Waals surface area contributed by atoms with Crippen LogP contribution in [0.5, 0.6) is 0 Å². The van der Waals surface area contributed by atoms with Gasteiger partial charge in [-0.05, 0) is 18.0 Å². The van der Waals surface area contributed by atoms with Crippen molar-refractivity contribution in [3.05, 3.63) is 17.7 Å². The first-order valence-electron chi connectivity index (χ1n) is 6.09. The molecule has 8 nitrogen and oxygen atoms in total. The molecule has 0 bridgehead atoms. The Labute approximate surface area is 129 Å². The highest BCUT2D eigenvalue weighted by atomic mass is 35.5. The van der Waals surface area contributed by atoms with E-state index in [9.17, 15) is 16.8 Å². The van der Waals surface area contributed by atoms with Crippen molar-refractivity contribution in [2.24, 2.45) is 0 Å². The van der Waals surface area contributed by atoms with Crippen LogP contribution in [0.15, 0.2) is 17.3 Å². The van der Waals surface area contributed by atoms with Crippen LogP contribution in [0.1, 0.15) is 13.3 Å². The molecule has 1 N–H and O–H groups in total. The van der Waals surface area contributed by atoms with Crippen LogP contribution in [0.3, 0.4) is 0 Å². The Bertz CT molecular complexity index is 661. The highest BCUT2D eigenvalue weighted by Gasteiger charge is 2.16. The number of nitrogens with one attached hydrogen (secondary N) is 1. The molecule has 0 amide bonds. The van der Waals surface area contributed by atoms with Crippen LogP contribution in [0.2, 0.25) is 5.28 Å². The molecule has 0 atom stereocenters. The van der Waals surface area contributed by atoms with E-state index in [1.165, 1.54) is 4.31 Å². The number of sulfonamides is 2. The summed E-state index contributed by atoms with van der Waals surface area (Å²) in [5.74, 6) is 0. The van der Waals surface area contributed by atoms with Gasteiger partial charge >= 0.3 is 0 Å². The number of nitrogens with zero attached hydrogens (tertiary/aromatic N) is 3. The first-order valence-corrected chi connectivity index (χ1v) is 9.80. The van der Waals surface area contributed by atoms with Crippen LogP contribution >= 0.6 is 11.6 Å². The van der Waals surface area contributed by atoms with Crippen molar-refractivity contribution in [1.82, 2.24) is 19.0 Å². The van der Waals surface area contributed by atoms with Crippen molar-refractivity contribution in [2.45, 2.75) is 18.2 Å². The van der Waals surface area contributed by atoms with Crippen LogP contribution in [-0.2, 0) is 20.0 Å². The molecule has 1 heterocycles. The average Bonchev–Trinajstić information content (AvgIpc) is 2.37. The van der Waals surface area contributed by atoms with Crippen LogP contribution in [0, 0.1) is 0 Å². The van der Waals surface area contributed by atoms with E-state index in [0.717, 1.165) is 18.6 Å². The van der Waals surface area contributed by atoms with Gasteiger partial charge in [-0.15, -0.1) is 0 Å². The number of aromatic nitrogens is 2. The highest BCUT2D eigenvalue weighted by molar-refractivity contribution is 7.89. The molecule has 120 valence electrons. The second-order valence-electron chi connectivity index (χ2n) is 4.19. The van der Waals surface area contributed by atoms with Crippen LogP contribution in [0.25, 0.3) is 0 Å². The fourth-order valence-corrected chi connectivity index (χ4v) is 3.53. The van der Waals surface area contributed by atoms with E-state index in [1.54, 1.807) is 6.92 Å². The van der Waals surface area contributed by atoms with Crippen molar-refractivity contribution >= 4 is 31.6 Å². The highest BCUT2D eigenvalue weighted by Crippen LogP contribution is 2.07. The molecular formula is C10H17ClN4O4S2. The lowest BCUT2D eigenvalue weighted by Crippen LogP contribution is -2.33. The summed E-state index contributed by atoms with van der Waals surface area (Å²) in [6.45, 7) is 2.42. The fraction of sp³-hybridized carbons (Fsp3) is 0.600. The molecule has 0 aliphatic heterocycles. The maximum Gasteiger partial charge on any atom is 0.243 e. The summed E-state index contributed by atoms with van der Waals surface area (Å²) >= 11 is 5.48. The fourth-order valence-electron chi connectivity index (χ4n) is 1.54. The van der Waals surface area contributed by atoms with Gasteiger partial charge in [-0.3, -0.25) is 0 Å². The lowest BCUT2D eigenvalue weighted by atomic mass is 10.4. The van der Waals surface area contributed by atoms with Gasteiger partial charge in [0.2, 0.25) is 25.3 Å². The van der Waals surface area contributed by atoms with Gasteiger partial charge in [-0.1, -0.05) is 6.92 Å². The van der Waals surface area contributed by atoms with Crippen LogP contribution in [0.4, 0.5) is 0 Å². The third-order valence-electron chi connectivity index (χ3n) is 2.61. The summed E-state index contributed by atoms with van der Waals surface area (Å²) < 4.78 is 50.1. The molecule has 0 spiro atoms. The standard InChI is InChI=1S/C10H17ClN4O4S2/c1-3-15(20(2,16)17)6-4-5-14-21(18,19)9-7-12-10(11)13-8-9/h7-8,14H,3-6H2,1-2H3. The van der Waals surface area contributed by atoms with Crippen molar-refractivity contribution < 1.29 is 16.8 Å². The van der Waals surface area contributed by atoms with Gasteiger partial charge < -0.3 is 0 Å². The topological polar surface area (TPSA) is 109 Å². The molecule has 0 fully saturated rings. The van der Waals surface area contributed by atoms with Gasteiger partial charge in [0, 0.05) is 19.6 Å². The van der Waals surface area contributed by atoms with Gasteiger partial charge in [0.05, 0.1) is 18.6 Å². The third kappa shape index (κ3) is 5.83. The van der Waals surface area contributed by atoms with Gasteiger partial charge in [0.25, 0.3) is 0 Å². The minimum absolute atomic E-state index is 0.0410. The quantitative estimate of drug-likeness (QED) is 0.522. The molecule has 1 aromatic heterocycles. The predicted molar refractivity (Wildman–Crippen MR) is 78.9 cm³/mol. The molecule has 0 aromatic carbocycles. The largest absolute Gasteiger partial charge is 0.243 e. The lowest BCUT2D eigenvalue weighted by Gasteiger charge is -2.17. The Hall–Kier alpha value is -0.810. The van der Waals surface area contributed by atoms with Gasteiger partial charge in [0.15, 0.2) is 0 Å². The average molecular weight is 357 g/mol.